The Kier molecular flexibility index (Phi) is 4.90. The highest BCUT2D eigenvalue weighted by atomic mass is 32.2. The molecule has 0 heterocycles. The van der Waals surface area contributed by atoms with Gasteiger partial charge in [-0.3, -0.25) is 4.79 Å². The summed E-state index contributed by atoms with van der Waals surface area (Å²) in [5, 5.41) is 0. The van der Waals surface area contributed by atoms with E-state index in [-0.39, 0.29) is 17.3 Å². The zero-order valence-electron chi connectivity index (χ0n) is 11.3. The molecule has 0 spiro atoms. The van der Waals surface area contributed by atoms with Crippen LogP contribution in [-0.2, 0) is 14.8 Å². The monoisotopic (exact) mass is 285 g/mol. The van der Waals surface area contributed by atoms with Crippen molar-refractivity contribution in [2.75, 3.05) is 25.9 Å². The first-order valence-electron chi connectivity index (χ1n) is 5.87. The number of likely N-dealkylation sites (N-methyl/N-ethyl adjacent to an activating group) is 1. The van der Waals surface area contributed by atoms with Crippen molar-refractivity contribution in [3.63, 3.8) is 0 Å². The van der Waals surface area contributed by atoms with E-state index in [4.69, 9.17) is 5.73 Å². The summed E-state index contributed by atoms with van der Waals surface area (Å²) in [6, 6.07) is 4.47. The molecule has 0 aromatic heterocycles. The van der Waals surface area contributed by atoms with E-state index in [1.807, 2.05) is 6.92 Å². The lowest BCUT2D eigenvalue weighted by atomic mass is 10.2. The number of nitrogens with zero attached hydrogens (tertiary/aromatic N) is 1. The number of hydrogen-bond donors (Lipinski definition) is 2. The predicted octanol–water partition coefficient (Wildman–Crippen LogP) is 0.334. The van der Waals surface area contributed by atoms with Gasteiger partial charge in [0.05, 0.1) is 11.4 Å². The molecule has 0 saturated heterocycles. The zero-order chi connectivity index (χ0) is 14.6. The SMILES string of the molecule is CCN(C)C(=O)CNS(=O)(=O)c1ccc(C)c(N)c1. The molecular weight excluding hydrogens is 266 g/mol. The van der Waals surface area contributed by atoms with Crippen LogP contribution < -0.4 is 10.5 Å². The Morgan fingerprint density at radius 3 is 2.58 bits per heavy atom. The summed E-state index contributed by atoms with van der Waals surface area (Å²) in [5.41, 5.74) is 6.88. The van der Waals surface area contributed by atoms with Gasteiger partial charge in [0.25, 0.3) is 0 Å². The zero-order valence-corrected chi connectivity index (χ0v) is 12.1. The molecule has 6 nitrogen and oxygen atoms in total. The molecule has 0 bridgehead atoms. The number of hydrogen-bond acceptors (Lipinski definition) is 4. The van der Waals surface area contributed by atoms with Crippen molar-refractivity contribution < 1.29 is 13.2 Å². The van der Waals surface area contributed by atoms with Crippen molar-refractivity contribution in [1.29, 1.82) is 0 Å². The Hall–Kier alpha value is -1.60. The molecule has 7 heteroatoms. The first kappa shape index (κ1) is 15.5. The van der Waals surface area contributed by atoms with Crippen LogP contribution in [0.15, 0.2) is 23.1 Å². The van der Waals surface area contributed by atoms with E-state index >= 15 is 0 Å². The number of benzene rings is 1. The Morgan fingerprint density at radius 2 is 2.05 bits per heavy atom. The standard InChI is InChI=1S/C12H19N3O3S/c1-4-15(3)12(16)8-14-19(17,18)10-6-5-9(2)11(13)7-10/h5-7,14H,4,8,13H2,1-3H3. The predicted molar refractivity (Wildman–Crippen MR) is 74.1 cm³/mol. The highest BCUT2D eigenvalue weighted by molar-refractivity contribution is 7.89. The van der Waals surface area contributed by atoms with Gasteiger partial charge in [-0.15, -0.1) is 0 Å². The van der Waals surface area contributed by atoms with Gasteiger partial charge in [0, 0.05) is 19.3 Å². The quantitative estimate of drug-likeness (QED) is 0.763. The van der Waals surface area contributed by atoms with Crippen molar-refractivity contribution in [3.05, 3.63) is 23.8 Å². The van der Waals surface area contributed by atoms with Gasteiger partial charge in [0.1, 0.15) is 0 Å². The van der Waals surface area contributed by atoms with Crippen LogP contribution in [0.1, 0.15) is 12.5 Å². The van der Waals surface area contributed by atoms with Gasteiger partial charge in [-0.25, -0.2) is 13.1 Å². The van der Waals surface area contributed by atoms with Crippen LogP contribution in [0.2, 0.25) is 0 Å². The minimum absolute atomic E-state index is 0.0579. The molecule has 19 heavy (non-hydrogen) atoms. The lowest BCUT2D eigenvalue weighted by molar-refractivity contribution is -0.128. The van der Waals surface area contributed by atoms with Gasteiger partial charge < -0.3 is 10.6 Å². The number of carbonyl (C=O) groups excluding carboxylic acids is 1. The lowest BCUT2D eigenvalue weighted by Gasteiger charge is -2.15. The van der Waals surface area contributed by atoms with Crippen LogP contribution in [0.5, 0.6) is 0 Å². The first-order chi connectivity index (χ1) is 8.77. The number of sulfonamides is 1. The molecule has 1 aromatic carbocycles. The molecule has 0 atom stereocenters. The smallest absolute Gasteiger partial charge is 0.241 e. The van der Waals surface area contributed by atoms with Crippen LogP contribution in [0.3, 0.4) is 0 Å². The Morgan fingerprint density at radius 1 is 1.42 bits per heavy atom. The molecular formula is C12H19N3O3S. The maximum Gasteiger partial charge on any atom is 0.241 e. The maximum atomic E-state index is 12.0. The van der Waals surface area contributed by atoms with E-state index in [9.17, 15) is 13.2 Å². The van der Waals surface area contributed by atoms with Crippen LogP contribution in [0.4, 0.5) is 5.69 Å². The second-order valence-corrected chi connectivity index (χ2v) is 6.02. The third kappa shape index (κ3) is 3.93. The largest absolute Gasteiger partial charge is 0.398 e. The van der Waals surface area contributed by atoms with E-state index in [0.717, 1.165) is 5.56 Å². The Balaban J connectivity index is 2.82. The van der Waals surface area contributed by atoms with E-state index in [0.29, 0.717) is 12.2 Å². The van der Waals surface area contributed by atoms with Crippen LogP contribution >= 0.6 is 0 Å². The number of nitrogens with one attached hydrogen (secondary N) is 1. The fourth-order valence-electron chi connectivity index (χ4n) is 1.34. The molecule has 0 saturated carbocycles. The molecule has 0 fully saturated rings. The van der Waals surface area contributed by atoms with E-state index in [1.54, 1.807) is 20.0 Å². The summed E-state index contributed by atoms with van der Waals surface area (Å²) < 4.78 is 26.2. The van der Waals surface area contributed by atoms with Crippen molar-refractivity contribution in [2.24, 2.45) is 0 Å². The van der Waals surface area contributed by atoms with Gasteiger partial charge >= 0.3 is 0 Å². The fraction of sp³-hybridized carbons (Fsp3) is 0.417. The second kappa shape index (κ2) is 6.03. The van der Waals surface area contributed by atoms with Gasteiger partial charge in [-0.05, 0) is 31.5 Å². The summed E-state index contributed by atoms with van der Waals surface area (Å²) in [6.45, 7) is 3.87. The van der Waals surface area contributed by atoms with Crippen LogP contribution in [-0.4, -0.2) is 39.4 Å². The molecule has 1 amide bonds. The number of nitrogen functional groups attached to an aromatic ring is 1. The first-order valence-corrected chi connectivity index (χ1v) is 7.36. The number of amides is 1. The topological polar surface area (TPSA) is 92.5 Å². The summed E-state index contributed by atoms with van der Waals surface area (Å²) in [6.07, 6.45) is 0. The third-order valence-electron chi connectivity index (χ3n) is 2.87. The van der Waals surface area contributed by atoms with Crippen LogP contribution in [0, 0.1) is 6.92 Å². The maximum absolute atomic E-state index is 12.0. The number of nitrogens with two attached hydrogens (primary N) is 1. The lowest BCUT2D eigenvalue weighted by Crippen LogP contribution is -2.37. The molecule has 106 valence electrons. The fourth-order valence-corrected chi connectivity index (χ4v) is 2.35. The minimum Gasteiger partial charge on any atom is -0.398 e. The van der Waals surface area contributed by atoms with E-state index < -0.39 is 10.0 Å². The third-order valence-corrected chi connectivity index (χ3v) is 4.27. The van der Waals surface area contributed by atoms with Gasteiger partial charge in [-0.2, -0.15) is 0 Å². The summed E-state index contributed by atoms with van der Waals surface area (Å²) in [5.74, 6) is -0.286. The molecule has 3 N–H and O–H groups in total. The van der Waals surface area contributed by atoms with Crippen molar-refractivity contribution in [1.82, 2.24) is 9.62 Å². The highest BCUT2D eigenvalue weighted by Gasteiger charge is 2.17. The Bertz CT molecular complexity index is 570. The van der Waals surface area contributed by atoms with Crippen molar-refractivity contribution >= 4 is 21.6 Å². The molecule has 1 rings (SSSR count). The van der Waals surface area contributed by atoms with Gasteiger partial charge in [-0.1, -0.05) is 6.07 Å². The van der Waals surface area contributed by atoms with Gasteiger partial charge in [0.15, 0.2) is 0 Å². The normalized spacial score (nSPS) is 11.3. The molecule has 0 unspecified atom stereocenters. The van der Waals surface area contributed by atoms with E-state index in [2.05, 4.69) is 4.72 Å². The molecule has 0 aliphatic rings. The highest BCUT2D eigenvalue weighted by Crippen LogP contribution is 2.16. The average molecular weight is 285 g/mol. The average Bonchev–Trinajstić information content (AvgIpc) is 2.38. The van der Waals surface area contributed by atoms with Crippen molar-refractivity contribution in [3.8, 4) is 0 Å². The molecule has 0 radical (unpaired) electrons. The van der Waals surface area contributed by atoms with Crippen molar-refractivity contribution in [2.45, 2.75) is 18.7 Å². The summed E-state index contributed by atoms with van der Waals surface area (Å²) in [7, 11) is -2.10. The number of rotatable bonds is 5. The van der Waals surface area contributed by atoms with E-state index in [1.165, 1.54) is 17.0 Å². The number of aryl methyl sites for hydroxylation is 1. The molecule has 0 aliphatic carbocycles. The second-order valence-electron chi connectivity index (χ2n) is 4.25. The summed E-state index contributed by atoms with van der Waals surface area (Å²) in [4.78, 5) is 13.0. The summed E-state index contributed by atoms with van der Waals surface area (Å²) >= 11 is 0. The Labute approximate surface area is 113 Å². The molecule has 1 aromatic rings. The van der Waals surface area contributed by atoms with Gasteiger partial charge in [0.2, 0.25) is 15.9 Å². The van der Waals surface area contributed by atoms with Crippen LogP contribution in [0.25, 0.3) is 0 Å². The molecule has 0 aliphatic heterocycles. The number of carbonyl (C=O) groups is 1. The minimum atomic E-state index is -3.71. The number of anilines is 1.